The molecule has 5 heteroatoms. The fourth-order valence-electron chi connectivity index (χ4n) is 1.20. The number of aryl methyl sites for hydroxylation is 1. The number of imidazole rings is 1. The van der Waals surface area contributed by atoms with E-state index in [1.807, 2.05) is 23.9 Å². The average Bonchev–Trinajstić information content (AvgIpc) is 2.67. The third kappa shape index (κ3) is 2.21. The zero-order valence-corrected chi connectivity index (χ0v) is 10.1. The lowest BCUT2D eigenvalue weighted by molar-refractivity contribution is 0.790. The number of nitrogens with zero attached hydrogens (tertiary/aromatic N) is 3. The number of hydrogen-bond donors (Lipinski definition) is 0. The molecule has 1 aromatic carbocycles. The van der Waals surface area contributed by atoms with E-state index in [4.69, 9.17) is 16.9 Å². The van der Waals surface area contributed by atoms with Gasteiger partial charge in [0.15, 0.2) is 5.16 Å². The first-order valence-corrected chi connectivity index (χ1v) is 5.75. The highest BCUT2D eigenvalue weighted by atomic mass is 35.5. The van der Waals surface area contributed by atoms with E-state index in [2.05, 4.69) is 11.1 Å². The fourth-order valence-corrected chi connectivity index (χ4v) is 2.31. The number of halogens is 1. The Morgan fingerprint density at radius 3 is 2.88 bits per heavy atom. The molecular weight excluding hydrogens is 242 g/mol. The van der Waals surface area contributed by atoms with Gasteiger partial charge >= 0.3 is 0 Å². The molecule has 16 heavy (non-hydrogen) atoms. The summed E-state index contributed by atoms with van der Waals surface area (Å²) < 4.78 is 1.92. The summed E-state index contributed by atoms with van der Waals surface area (Å²) in [4.78, 5) is 5.10. The van der Waals surface area contributed by atoms with Crippen LogP contribution in [-0.2, 0) is 7.05 Å². The van der Waals surface area contributed by atoms with E-state index in [9.17, 15) is 0 Å². The van der Waals surface area contributed by atoms with Crippen molar-refractivity contribution < 1.29 is 0 Å². The Morgan fingerprint density at radius 1 is 1.50 bits per heavy atom. The molecule has 3 nitrogen and oxygen atoms in total. The smallest absolute Gasteiger partial charge is 0.172 e. The van der Waals surface area contributed by atoms with E-state index >= 15 is 0 Å². The first-order chi connectivity index (χ1) is 7.70. The highest BCUT2D eigenvalue weighted by molar-refractivity contribution is 7.99. The Morgan fingerprint density at radius 2 is 2.31 bits per heavy atom. The molecule has 0 bridgehead atoms. The predicted octanol–water partition coefficient (Wildman–Crippen LogP) is 3.10. The van der Waals surface area contributed by atoms with Crippen LogP contribution in [0.2, 0.25) is 5.02 Å². The summed E-state index contributed by atoms with van der Waals surface area (Å²) >= 11 is 7.55. The number of benzene rings is 1. The molecule has 80 valence electrons. The van der Waals surface area contributed by atoms with Gasteiger partial charge in [-0.25, -0.2) is 4.98 Å². The van der Waals surface area contributed by atoms with Crippen LogP contribution < -0.4 is 0 Å². The highest BCUT2D eigenvalue weighted by Gasteiger charge is 2.06. The van der Waals surface area contributed by atoms with E-state index in [1.54, 1.807) is 18.3 Å². The van der Waals surface area contributed by atoms with Crippen molar-refractivity contribution >= 4 is 23.4 Å². The molecule has 0 aliphatic carbocycles. The Hall–Kier alpha value is -1.44. The van der Waals surface area contributed by atoms with E-state index < -0.39 is 0 Å². The van der Waals surface area contributed by atoms with E-state index in [0.29, 0.717) is 10.6 Å². The molecule has 0 atom stereocenters. The van der Waals surface area contributed by atoms with Crippen molar-refractivity contribution in [2.24, 2.45) is 7.05 Å². The van der Waals surface area contributed by atoms with Crippen LogP contribution in [0.3, 0.4) is 0 Å². The number of rotatable bonds is 2. The van der Waals surface area contributed by atoms with Crippen LogP contribution in [0.25, 0.3) is 0 Å². The average molecular weight is 250 g/mol. The van der Waals surface area contributed by atoms with Gasteiger partial charge in [0.2, 0.25) is 0 Å². The summed E-state index contributed by atoms with van der Waals surface area (Å²) in [5.74, 6) is 0. The van der Waals surface area contributed by atoms with Gasteiger partial charge in [0.1, 0.15) is 0 Å². The maximum atomic E-state index is 8.72. The lowest BCUT2D eigenvalue weighted by Crippen LogP contribution is -1.88. The molecule has 2 rings (SSSR count). The molecule has 0 N–H and O–H groups in total. The zero-order valence-electron chi connectivity index (χ0n) is 8.51. The second-order valence-corrected chi connectivity index (χ2v) is 4.60. The third-order valence-electron chi connectivity index (χ3n) is 2.04. The number of aromatic nitrogens is 2. The van der Waals surface area contributed by atoms with Crippen molar-refractivity contribution in [2.45, 2.75) is 10.1 Å². The molecular formula is C11H8ClN3S. The molecule has 1 heterocycles. The second-order valence-electron chi connectivity index (χ2n) is 3.18. The van der Waals surface area contributed by atoms with Crippen LogP contribution in [0, 0.1) is 11.3 Å². The Balaban J connectivity index is 2.30. The van der Waals surface area contributed by atoms with Gasteiger partial charge in [-0.2, -0.15) is 5.26 Å². The summed E-state index contributed by atoms with van der Waals surface area (Å²) in [7, 11) is 1.92. The van der Waals surface area contributed by atoms with Gasteiger partial charge in [0.05, 0.1) is 16.7 Å². The van der Waals surface area contributed by atoms with Crippen molar-refractivity contribution in [1.82, 2.24) is 9.55 Å². The molecule has 0 spiro atoms. The number of hydrogen-bond acceptors (Lipinski definition) is 3. The van der Waals surface area contributed by atoms with Gasteiger partial charge in [-0.05, 0) is 18.2 Å². The fraction of sp³-hybridized carbons (Fsp3) is 0.0909. The third-order valence-corrected chi connectivity index (χ3v) is 3.62. The van der Waals surface area contributed by atoms with Crippen molar-refractivity contribution in [3.63, 3.8) is 0 Å². The van der Waals surface area contributed by atoms with E-state index in [1.165, 1.54) is 11.8 Å². The van der Waals surface area contributed by atoms with Crippen LogP contribution in [-0.4, -0.2) is 9.55 Å². The van der Waals surface area contributed by atoms with Crippen LogP contribution >= 0.6 is 23.4 Å². The van der Waals surface area contributed by atoms with Crippen LogP contribution in [0.1, 0.15) is 5.56 Å². The predicted molar refractivity (Wildman–Crippen MR) is 63.5 cm³/mol. The summed E-state index contributed by atoms with van der Waals surface area (Å²) in [6.07, 6.45) is 3.61. The Labute approximate surface area is 103 Å². The van der Waals surface area contributed by atoms with Gasteiger partial charge in [0.25, 0.3) is 0 Å². The van der Waals surface area contributed by atoms with Crippen LogP contribution in [0.4, 0.5) is 0 Å². The molecule has 1 aromatic heterocycles. The SMILES string of the molecule is Cn1ccnc1Sc1ccc(C#N)cc1Cl. The highest BCUT2D eigenvalue weighted by Crippen LogP contribution is 2.32. The minimum atomic E-state index is 0.564. The van der Waals surface area contributed by atoms with Gasteiger partial charge in [-0.3, -0.25) is 0 Å². The molecule has 0 saturated heterocycles. The molecule has 0 saturated carbocycles. The first-order valence-electron chi connectivity index (χ1n) is 4.55. The van der Waals surface area contributed by atoms with Crippen LogP contribution in [0.5, 0.6) is 0 Å². The molecule has 0 unspecified atom stereocenters. The van der Waals surface area contributed by atoms with Crippen molar-refractivity contribution in [2.75, 3.05) is 0 Å². The zero-order chi connectivity index (χ0) is 11.5. The van der Waals surface area contributed by atoms with Gasteiger partial charge < -0.3 is 4.57 Å². The van der Waals surface area contributed by atoms with Crippen molar-refractivity contribution in [3.05, 3.63) is 41.2 Å². The minimum absolute atomic E-state index is 0.564. The maximum Gasteiger partial charge on any atom is 0.172 e. The van der Waals surface area contributed by atoms with Crippen LogP contribution in [0.15, 0.2) is 40.6 Å². The van der Waals surface area contributed by atoms with Gasteiger partial charge in [0, 0.05) is 24.3 Å². The van der Waals surface area contributed by atoms with Gasteiger partial charge in [-0.1, -0.05) is 23.4 Å². The summed E-state index contributed by atoms with van der Waals surface area (Å²) in [5, 5.41) is 10.2. The van der Waals surface area contributed by atoms with Gasteiger partial charge in [-0.15, -0.1) is 0 Å². The minimum Gasteiger partial charge on any atom is -0.329 e. The largest absolute Gasteiger partial charge is 0.329 e. The standard InChI is InChI=1S/C11H8ClN3S/c1-15-5-4-14-11(15)16-10-3-2-8(7-13)6-9(10)12/h2-6H,1H3. The van der Waals surface area contributed by atoms with E-state index in [0.717, 1.165) is 10.1 Å². The monoisotopic (exact) mass is 249 g/mol. The Bertz CT molecular complexity index is 557. The first kappa shape index (κ1) is 11.1. The molecule has 0 aliphatic heterocycles. The van der Waals surface area contributed by atoms with E-state index in [-0.39, 0.29) is 0 Å². The lowest BCUT2D eigenvalue weighted by atomic mass is 10.2. The normalized spacial score (nSPS) is 10.1. The summed E-state index contributed by atoms with van der Waals surface area (Å²) in [6, 6.07) is 7.29. The maximum absolute atomic E-state index is 8.72. The molecule has 2 aromatic rings. The number of nitriles is 1. The summed E-state index contributed by atoms with van der Waals surface area (Å²) in [5.41, 5.74) is 0.564. The molecule has 0 aliphatic rings. The van der Waals surface area contributed by atoms with Crippen molar-refractivity contribution in [3.8, 4) is 6.07 Å². The molecule has 0 amide bonds. The topological polar surface area (TPSA) is 41.6 Å². The lowest BCUT2D eigenvalue weighted by Gasteiger charge is -2.03. The second kappa shape index (κ2) is 4.60. The quantitative estimate of drug-likeness (QED) is 0.821. The molecule has 0 radical (unpaired) electrons. The molecule has 0 fully saturated rings. The summed E-state index contributed by atoms with van der Waals surface area (Å²) in [6.45, 7) is 0. The van der Waals surface area contributed by atoms with Crippen molar-refractivity contribution in [1.29, 1.82) is 5.26 Å². The Kier molecular flexibility index (Phi) is 3.18.